The van der Waals surface area contributed by atoms with Crippen molar-refractivity contribution in [1.29, 1.82) is 0 Å². The lowest BCUT2D eigenvalue weighted by Crippen LogP contribution is -2.37. The molecule has 4 nitrogen and oxygen atoms in total. The van der Waals surface area contributed by atoms with Crippen LogP contribution in [0.2, 0.25) is 0 Å². The van der Waals surface area contributed by atoms with Crippen molar-refractivity contribution in [3.05, 3.63) is 52.5 Å². The number of carbonyl (C=O) groups is 2. The Bertz CT molecular complexity index is 792. The average Bonchev–Trinajstić information content (AvgIpc) is 3.35. The molecule has 2 atom stereocenters. The van der Waals surface area contributed by atoms with Crippen molar-refractivity contribution in [2.45, 2.75) is 25.3 Å². The normalized spacial score (nSPS) is 23.5. The molecule has 1 aromatic carbocycles. The maximum Gasteiger partial charge on any atom is 0.228 e. The minimum absolute atomic E-state index is 0.0167. The largest absolute Gasteiger partial charge is 0.335 e. The smallest absolute Gasteiger partial charge is 0.228 e. The molecule has 0 N–H and O–H groups in total. The first-order chi connectivity index (χ1) is 12.1. The summed E-state index contributed by atoms with van der Waals surface area (Å²) in [7, 11) is 0. The summed E-state index contributed by atoms with van der Waals surface area (Å²) in [6, 6.07) is 10.4. The summed E-state index contributed by atoms with van der Waals surface area (Å²) in [5, 5.41) is 2.02. The van der Waals surface area contributed by atoms with E-state index in [1.807, 2.05) is 16.3 Å². The first-order valence-electron chi connectivity index (χ1n) is 8.54. The van der Waals surface area contributed by atoms with E-state index in [0.717, 1.165) is 19.4 Å². The fraction of sp³-hybridized carbons (Fsp3) is 0.368. The van der Waals surface area contributed by atoms with Crippen LogP contribution in [-0.4, -0.2) is 29.8 Å². The third kappa shape index (κ3) is 2.95. The third-order valence-corrected chi connectivity index (χ3v) is 6.00. The highest BCUT2D eigenvalue weighted by Gasteiger charge is 2.41. The second-order valence-corrected chi connectivity index (χ2v) is 7.54. The Balaban J connectivity index is 1.52. The molecule has 25 heavy (non-hydrogen) atoms. The fourth-order valence-electron chi connectivity index (χ4n) is 3.82. The van der Waals surface area contributed by atoms with E-state index in [0.29, 0.717) is 0 Å². The van der Waals surface area contributed by atoms with Gasteiger partial charge in [0.05, 0.1) is 17.6 Å². The van der Waals surface area contributed by atoms with Gasteiger partial charge >= 0.3 is 0 Å². The van der Waals surface area contributed by atoms with Crippen molar-refractivity contribution in [2.75, 3.05) is 18.0 Å². The van der Waals surface area contributed by atoms with Gasteiger partial charge in [0.15, 0.2) is 0 Å². The van der Waals surface area contributed by atoms with Crippen LogP contribution in [0, 0.1) is 11.7 Å². The Morgan fingerprint density at radius 1 is 1.20 bits per heavy atom. The van der Waals surface area contributed by atoms with Crippen molar-refractivity contribution in [3.8, 4) is 0 Å². The third-order valence-electron chi connectivity index (χ3n) is 5.03. The van der Waals surface area contributed by atoms with E-state index >= 15 is 0 Å². The zero-order chi connectivity index (χ0) is 17.4. The summed E-state index contributed by atoms with van der Waals surface area (Å²) in [6.45, 7) is 0.984. The highest BCUT2D eigenvalue weighted by Crippen LogP contribution is 2.37. The lowest BCUT2D eigenvalue weighted by atomic mass is 10.1. The first-order valence-corrected chi connectivity index (χ1v) is 9.42. The Kier molecular flexibility index (Phi) is 4.29. The highest BCUT2D eigenvalue weighted by molar-refractivity contribution is 7.10. The lowest BCUT2D eigenvalue weighted by molar-refractivity contribution is -0.136. The molecule has 3 heterocycles. The Labute approximate surface area is 149 Å². The van der Waals surface area contributed by atoms with E-state index in [1.165, 1.54) is 15.8 Å². The van der Waals surface area contributed by atoms with Gasteiger partial charge in [-0.1, -0.05) is 18.2 Å². The van der Waals surface area contributed by atoms with Crippen LogP contribution in [0.1, 0.15) is 30.2 Å². The van der Waals surface area contributed by atoms with Crippen LogP contribution < -0.4 is 4.90 Å². The number of amides is 2. The molecule has 2 aliphatic rings. The molecular formula is C19H19FN2O2S. The van der Waals surface area contributed by atoms with Crippen molar-refractivity contribution in [1.82, 2.24) is 4.90 Å². The van der Waals surface area contributed by atoms with Crippen LogP contribution in [0.5, 0.6) is 0 Å². The molecule has 130 valence electrons. The predicted molar refractivity (Wildman–Crippen MR) is 94.9 cm³/mol. The molecule has 2 aliphatic heterocycles. The van der Waals surface area contributed by atoms with E-state index in [4.69, 9.17) is 0 Å². The number of hydrogen-bond donors (Lipinski definition) is 0. The van der Waals surface area contributed by atoms with Gasteiger partial charge in [0.2, 0.25) is 11.8 Å². The number of anilines is 1. The zero-order valence-electron chi connectivity index (χ0n) is 13.7. The second-order valence-electron chi connectivity index (χ2n) is 6.56. The molecule has 0 bridgehead atoms. The van der Waals surface area contributed by atoms with Crippen LogP contribution in [-0.2, 0) is 9.59 Å². The summed E-state index contributed by atoms with van der Waals surface area (Å²) in [6.07, 6.45) is 2.09. The molecule has 1 aromatic heterocycles. The quantitative estimate of drug-likeness (QED) is 0.841. The van der Waals surface area contributed by atoms with Gasteiger partial charge < -0.3 is 9.80 Å². The standard InChI is InChI=1S/C19H19FN2O2S/c20-14-5-1-2-6-15(14)22-12-13(11-18(22)23)19(24)21-9-3-7-16(21)17-8-4-10-25-17/h1-2,4-6,8,10,13,16H,3,7,9,11-12H2/t13-,16-/m1/s1. The molecule has 2 aromatic rings. The summed E-state index contributed by atoms with van der Waals surface area (Å²) >= 11 is 1.66. The predicted octanol–water partition coefficient (Wildman–Crippen LogP) is 3.60. The van der Waals surface area contributed by atoms with Crippen LogP contribution in [0.25, 0.3) is 0 Å². The number of hydrogen-bond acceptors (Lipinski definition) is 3. The van der Waals surface area contributed by atoms with Crippen LogP contribution in [0.4, 0.5) is 10.1 Å². The van der Waals surface area contributed by atoms with Crippen LogP contribution in [0.3, 0.4) is 0 Å². The maximum atomic E-state index is 14.0. The van der Waals surface area contributed by atoms with Gasteiger partial charge in [-0.15, -0.1) is 11.3 Å². The minimum Gasteiger partial charge on any atom is -0.335 e. The maximum absolute atomic E-state index is 14.0. The topological polar surface area (TPSA) is 40.6 Å². The number of para-hydroxylation sites is 1. The number of carbonyl (C=O) groups excluding carboxylic acids is 2. The van der Waals surface area contributed by atoms with Crippen molar-refractivity contribution >= 4 is 28.8 Å². The van der Waals surface area contributed by atoms with E-state index in [2.05, 4.69) is 6.07 Å². The molecule has 2 fully saturated rings. The van der Waals surface area contributed by atoms with Gasteiger partial charge in [0.1, 0.15) is 5.82 Å². The van der Waals surface area contributed by atoms with Gasteiger partial charge in [-0.3, -0.25) is 9.59 Å². The minimum atomic E-state index is -0.429. The summed E-state index contributed by atoms with van der Waals surface area (Å²) < 4.78 is 14.0. The summed E-state index contributed by atoms with van der Waals surface area (Å²) in [4.78, 5) is 29.9. The van der Waals surface area contributed by atoms with Gasteiger partial charge in [-0.25, -0.2) is 4.39 Å². The van der Waals surface area contributed by atoms with E-state index in [1.54, 1.807) is 29.5 Å². The van der Waals surface area contributed by atoms with Crippen molar-refractivity contribution in [3.63, 3.8) is 0 Å². The zero-order valence-corrected chi connectivity index (χ0v) is 14.5. The fourth-order valence-corrected chi connectivity index (χ4v) is 4.69. The second kappa shape index (κ2) is 6.59. The Hall–Kier alpha value is -2.21. The molecule has 2 amide bonds. The van der Waals surface area contributed by atoms with Crippen LogP contribution in [0.15, 0.2) is 41.8 Å². The highest BCUT2D eigenvalue weighted by atomic mass is 32.1. The van der Waals surface area contributed by atoms with Crippen molar-refractivity contribution in [2.24, 2.45) is 5.92 Å². The number of likely N-dealkylation sites (tertiary alicyclic amines) is 1. The van der Waals surface area contributed by atoms with Gasteiger partial charge in [0.25, 0.3) is 0 Å². The molecule has 0 radical (unpaired) electrons. The SMILES string of the molecule is O=C1C[C@@H](C(=O)N2CCC[C@@H]2c2cccs2)CN1c1ccccc1F. The monoisotopic (exact) mass is 358 g/mol. The molecule has 6 heteroatoms. The van der Waals surface area contributed by atoms with E-state index < -0.39 is 11.7 Å². The molecule has 2 saturated heterocycles. The molecule has 0 aliphatic carbocycles. The molecule has 0 unspecified atom stereocenters. The van der Waals surface area contributed by atoms with Crippen molar-refractivity contribution < 1.29 is 14.0 Å². The van der Waals surface area contributed by atoms with Gasteiger partial charge in [0, 0.05) is 24.4 Å². The number of nitrogens with zero attached hydrogens (tertiary/aromatic N) is 2. The number of thiophene rings is 1. The first kappa shape index (κ1) is 16.3. The number of rotatable bonds is 3. The molecule has 0 spiro atoms. The summed E-state index contributed by atoms with van der Waals surface area (Å²) in [5.41, 5.74) is 0.263. The Morgan fingerprint density at radius 3 is 2.80 bits per heavy atom. The molecular weight excluding hydrogens is 339 g/mol. The molecule has 0 saturated carbocycles. The van der Waals surface area contributed by atoms with E-state index in [9.17, 15) is 14.0 Å². The van der Waals surface area contributed by atoms with Gasteiger partial charge in [-0.2, -0.15) is 0 Å². The average molecular weight is 358 g/mol. The number of benzene rings is 1. The van der Waals surface area contributed by atoms with Gasteiger partial charge in [-0.05, 0) is 36.4 Å². The summed E-state index contributed by atoms with van der Waals surface area (Å²) in [5.74, 6) is -0.993. The Morgan fingerprint density at radius 2 is 2.04 bits per heavy atom. The number of halogens is 1. The lowest BCUT2D eigenvalue weighted by Gasteiger charge is -2.26. The molecule has 4 rings (SSSR count). The van der Waals surface area contributed by atoms with E-state index in [-0.39, 0.29) is 36.5 Å². The van der Waals surface area contributed by atoms with Crippen LogP contribution >= 0.6 is 11.3 Å².